The van der Waals surface area contributed by atoms with Gasteiger partial charge in [-0.05, 0) is 31.2 Å². The molecule has 1 aromatic carbocycles. The van der Waals surface area contributed by atoms with Crippen molar-refractivity contribution in [3.63, 3.8) is 0 Å². The van der Waals surface area contributed by atoms with Gasteiger partial charge in [-0.15, -0.1) is 0 Å². The van der Waals surface area contributed by atoms with E-state index in [1.165, 1.54) is 30.6 Å². The van der Waals surface area contributed by atoms with Crippen LogP contribution < -0.4 is 10.0 Å². The number of benzene rings is 1. The average molecular weight is 462 g/mol. The minimum Gasteiger partial charge on any atom is -0.343 e. The zero-order chi connectivity index (χ0) is 20.4. The molecule has 1 aromatic heterocycles. The average Bonchev–Trinajstić information content (AvgIpc) is 2.64. The molecule has 0 saturated heterocycles. The summed E-state index contributed by atoms with van der Waals surface area (Å²) in [5.41, 5.74) is 1.43. The van der Waals surface area contributed by atoms with Crippen molar-refractivity contribution < 1.29 is 13.2 Å². The zero-order valence-corrected chi connectivity index (χ0v) is 17.6. The van der Waals surface area contributed by atoms with Crippen molar-refractivity contribution in [2.75, 3.05) is 0 Å². The number of pyridine rings is 1. The summed E-state index contributed by atoms with van der Waals surface area (Å²) in [5, 5.41) is 0.991. The van der Waals surface area contributed by atoms with Gasteiger partial charge in [0.2, 0.25) is 0 Å². The molecular formula is C17H15Cl3N4O3S. The summed E-state index contributed by atoms with van der Waals surface area (Å²) in [6.45, 7) is 1.86. The summed E-state index contributed by atoms with van der Waals surface area (Å²) in [7, 11) is -4.12. The first-order valence-electron chi connectivity index (χ1n) is 7.94. The predicted molar refractivity (Wildman–Crippen MR) is 109 cm³/mol. The molecule has 2 N–H and O–H groups in total. The Bertz CT molecular complexity index is 1060. The number of aliphatic imine (C=N–C) groups is 1. The molecule has 0 spiro atoms. The number of halogens is 3. The molecule has 0 unspecified atom stereocenters. The van der Waals surface area contributed by atoms with Crippen LogP contribution in [0.3, 0.4) is 0 Å². The van der Waals surface area contributed by atoms with Crippen LogP contribution >= 0.6 is 34.8 Å². The number of hydrogen-bond donors (Lipinski definition) is 2. The Labute approximate surface area is 177 Å². The second-order valence-corrected chi connectivity index (χ2v) is 8.72. The minimum atomic E-state index is -4.12. The Morgan fingerprint density at radius 3 is 2.71 bits per heavy atom. The van der Waals surface area contributed by atoms with Crippen molar-refractivity contribution in [2.45, 2.75) is 23.6 Å². The predicted octanol–water partition coefficient (Wildman–Crippen LogP) is 3.56. The molecule has 0 saturated carbocycles. The van der Waals surface area contributed by atoms with Gasteiger partial charge in [-0.2, -0.15) is 0 Å². The van der Waals surface area contributed by atoms with E-state index in [1.54, 1.807) is 6.07 Å². The number of sulfonamides is 1. The number of ether oxygens (including phenoxy) is 1. The van der Waals surface area contributed by atoms with E-state index < -0.39 is 15.2 Å². The third-order valence-corrected chi connectivity index (χ3v) is 6.36. The van der Waals surface area contributed by atoms with E-state index in [-0.39, 0.29) is 27.4 Å². The van der Waals surface area contributed by atoms with Crippen LogP contribution in [0.4, 0.5) is 0 Å². The molecule has 148 valence electrons. The minimum absolute atomic E-state index is 0.0185. The first-order valence-corrected chi connectivity index (χ1v) is 10.6. The number of rotatable bonds is 5. The van der Waals surface area contributed by atoms with Gasteiger partial charge in [-0.3, -0.25) is 9.71 Å². The fraction of sp³-hybridized carbons (Fsp3) is 0.176. The van der Waals surface area contributed by atoms with E-state index in [0.29, 0.717) is 5.69 Å². The first kappa shape index (κ1) is 20.9. The third kappa shape index (κ3) is 4.59. The molecular weight excluding hydrogens is 447 g/mol. The van der Waals surface area contributed by atoms with E-state index in [9.17, 15) is 8.42 Å². The number of aryl methyl sites for hydroxylation is 1. The van der Waals surface area contributed by atoms with Crippen LogP contribution in [0.15, 0.2) is 58.7 Å². The number of aromatic nitrogens is 1. The van der Waals surface area contributed by atoms with Crippen LogP contribution in [0.1, 0.15) is 11.4 Å². The van der Waals surface area contributed by atoms with Gasteiger partial charge in [0.25, 0.3) is 15.2 Å². The third-order valence-electron chi connectivity index (χ3n) is 3.65. The maximum Gasteiger partial charge on any atom is 0.278 e. The van der Waals surface area contributed by atoms with Crippen molar-refractivity contribution in [2.24, 2.45) is 4.99 Å². The summed E-state index contributed by atoms with van der Waals surface area (Å²) in [5.74, 6) is -0.180. The van der Waals surface area contributed by atoms with Gasteiger partial charge in [-0.25, -0.2) is 13.4 Å². The number of nitrogens with zero attached hydrogens (tertiary/aromatic N) is 2. The van der Waals surface area contributed by atoms with Crippen LogP contribution in [0, 0.1) is 6.92 Å². The molecule has 2 heterocycles. The lowest BCUT2D eigenvalue weighted by atomic mass is 10.3. The van der Waals surface area contributed by atoms with Crippen LogP contribution in [0.2, 0.25) is 10.0 Å². The van der Waals surface area contributed by atoms with Gasteiger partial charge in [0, 0.05) is 18.1 Å². The Morgan fingerprint density at radius 2 is 1.96 bits per heavy atom. The summed E-state index contributed by atoms with van der Waals surface area (Å²) in [6.07, 6.45) is 2.77. The molecule has 0 fully saturated rings. The summed E-state index contributed by atoms with van der Waals surface area (Å²) >= 11 is 18.4. The van der Waals surface area contributed by atoms with E-state index in [1.807, 2.05) is 19.1 Å². The molecule has 28 heavy (non-hydrogen) atoms. The van der Waals surface area contributed by atoms with Crippen LogP contribution in [-0.2, 0) is 21.4 Å². The molecule has 3 rings (SSSR count). The molecule has 0 bridgehead atoms. The highest BCUT2D eigenvalue weighted by atomic mass is 35.5. The highest BCUT2D eigenvalue weighted by Crippen LogP contribution is 2.29. The molecule has 0 aliphatic carbocycles. The SMILES string of the molecule is Cc1cccc(CO[C@@]2(Cl)NC=CN=C2NS(=O)(=O)c2cccc(Cl)c2Cl)n1. The number of nitrogens with one attached hydrogen (secondary N) is 2. The summed E-state index contributed by atoms with van der Waals surface area (Å²) in [6, 6.07) is 9.70. The lowest BCUT2D eigenvalue weighted by Crippen LogP contribution is -2.55. The standard InChI is InChI=1S/C17H15Cl3N4O3S/c1-11-4-2-5-12(23-11)10-27-17(20)16(21-8-9-22-17)24-28(25,26)14-7-3-6-13(18)15(14)19/h2-9,22H,10H2,1H3,(H,21,24)/t17-/m0/s1. The smallest absolute Gasteiger partial charge is 0.278 e. The van der Waals surface area contributed by atoms with Crippen molar-refractivity contribution in [3.05, 3.63) is 70.2 Å². The lowest BCUT2D eigenvalue weighted by Gasteiger charge is -2.30. The maximum atomic E-state index is 12.8. The largest absolute Gasteiger partial charge is 0.343 e. The van der Waals surface area contributed by atoms with E-state index in [2.05, 4.69) is 20.0 Å². The van der Waals surface area contributed by atoms with Gasteiger partial charge in [0.05, 0.1) is 22.3 Å². The van der Waals surface area contributed by atoms with Crippen LogP contribution in [0.25, 0.3) is 0 Å². The van der Waals surface area contributed by atoms with Crippen molar-refractivity contribution in [1.82, 2.24) is 15.0 Å². The molecule has 0 radical (unpaired) electrons. The maximum absolute atomic E-state index is 12.8. The number of alkyl halides is 1. The Morgan fingerprint density at radius 1 is 1.21 bits per heavy atom. The summed E-state index contributed by atoms with van der Waals surface area (Å²) in [4.78, 5) is 8.11. The fourth-order valence-corrected chi connectivity index (χ4v) is 4.43. The highest BCUT2D eigenvalue weighted by molar-refractivity contribution is 7.90. The number of amidine groups is 1. The van der Waals surface area contributed by atoms with Gasteiger partial charge in [0.15, 0.2) is 5.84 Å². The Kier molecular flexibility index (Phi) is 6.16. The summed E-state index contributed by atoms with van der Waals surface area (Å²) < 4.78 is 33.5. The molecule has 2 aromatic rings. The lowest BCUT2D eigenvalue weighted by molar-refractivity contribution is 0.0360. The molecule has 11 heteroatoms. The van der Waals surface area contributed by atoms with Crippen molar-refractivity contribution in [1.29, 1.82) is 0 Å². The van der Waals surface area contributed by atoms with E-state index in [4.69, 9.17) is 39.5 Å². The number of hydrogen-bond acceptors (Lipinski definition) is 6. The quantitative estimate of drug-likeness (QED) is 0.525. The molecule has 7 nitrogen and oxygen atoms in total. The van der Waals surface area contributed by atoms with Crippen LogP contribution in [0.5, 0.6) is 0 Å². The second-order valence-electron chi connectivity index (χ2n) is 5.75. The Balaban J connectivity index is 1.83. The van der Waals surface area contributed by atoms with Gasteiger partial charge < -0.3 is 10.1 Å². The van der Waals surface area contributed by atoms with Gasteiger partial charge >= 0.3 is 0 Å². The van der Waals surface area contributed by atoms with Crippen molar-refractivity contribution >= 4 is 50.7 Å². The zero-order valence-electron chi connectivity index (χ0n) is 14.5. The fourth-order valence-electron chi connectivity index (χ4n) is 2.34. The normalized spacial score (nSPS) is 19.1. The van der Waals surface area contributed by atoms with Crippen molar-refractivity contribution in [3.8, 4) is 0 Å². The van der Waals surface area contributed by atoms with E-state index >= 15 is 0 Å². The van der Waals surface area contributed by atoms with Crippen LogP contribution in [-0.4, -0.2) is 24.4 Å². The monoisotopic (exact) mass is 460 g/mol. The molecule has 1 aliphatic rings. The highest BCUT2D eigenvalue weighted by Gasteiger charge is 2.39. The Hall–Kier alpha value is -1.84. The van der Waals surface area contributed by atoms with Gasteiger partial charge in [-0.1, -0.05) is 46.9 Å². The molecule has 1 atom stereocenters. The van der Waals surface area contributed by atoms with E-state index in [0.717, 1.165) is 5.69 Å². The topological polar surface area (TPSA) is 92.7 Å². The van der Waals surface area contributed by atoms with Gasteiger partial charge in [0.1, 0.15) is 4.90 Å². The first-order chi connectivity index (χ1) is 13.2. The molecule has 0 amide bonds. The molecule has 1 aliphatic heterocycles. The second kappa shape index (κ2) is 8.26.